The summed E-state index contributed by atoms with van der Waals surface area (Å²) in [7, 11) is 0. The molecule has 176 valence electrons. The number of aromatic nitrogens is 1. The molecule has 35 heavy (non-hydrogen) atoms. The van der Waals surface area contributed by atoms with Gasteiger partial charge in [-0.25, -0.2) is 0 Å². The Labute approximate surface area is 219 Å². The predicted octanol–water partition coefficient (Wildman–Crippen LogP) is 9.62. The van der Waals surface area contributed by atoms with Crippen molar-refractivity contribution in [2.75, 3.05) is 0 Å². The van der Waals surface area contributed by atoms with Crippen LogP contribution in [-0.2, 0) is 0 Å². The fourth-order valence-electron chi connectivity index (χ4n) is 5.20. The van der Waals surface area contributed by atoms with E-state index in [-0.39, 0.29) is 33.7 Å². The quantitative estimate of drug-likeness (QED) is 0.264. The zero-order chi connectivity index (χ0) is 30.9. The number of nitrogens with zero attached hydrogens (tertiary/aromatic N) is 1. The molecular weight excluding hydrogens is 426 g/mol. The first kappa shape index (κ1) is 14.9. The van der Waals surface area contributed by atoms with Crippen LogP contribution < -0.4 is 0 Å². The second-order valence-corrected chi connectivity index (χ2v) is 10.3. The molecule has 0 aliphatic heterocycles. The molecular formula is C33H33NO. The molecule has 2 nitrogen and oxygen atoms in total. The number of hydrogen-bond acceptors (Lipinski definition) is 2. The molecule has 0 unspecified atom stereocenters. The third kappa shape index (κ3) is 3.95. The van der Waals surface area contributed by atoms with Gasteiger partial charge in [0.15, 0.2) is 0 Å². The highest BCUT2D eigenvalue weighted by molar-refractivity contribution is 6.09. The molecule has 1 fully saturated rings. The van der Waals surface area contributed by atoms with Crippen LogP contribution >= 0.6 is 0 Å². The van der Waals surface area contributed by atoms with E-state index in [9.17, 15) is 1.37 Å². The van der Waals surface area contributed by atoms with Gasteiger partial charge in [0, 0.05) is 32.1 Å². The van der Waals surface area contributed by atoms with Crippen LogP contribution in [0, 0.1) is 19.1 Å². The van der Waals surface area contributed by atoms with Gasteiger partial charge in [0.05, 0.1) is 7.06 Å². The Morgan fingerprint density at radius 3 is 2.54 bits per heavy atom. The van der Waals surface area contributed by atoms with Crippen molar-refractivity contribution in [3.05, 3.63) is 89.6 Å². The van der Waals surface area contributed by atoms with E-state index in [2.05, 4.69) is 18.8 Å². The van der Waals surface area contributed by atoms with Crippen molar-refractivity contribution in [2.24, 2.45) is 5.41 Å². The van der Waals surface area contributed by atoms with E-state index in [0.717, 1.165) is 23.6 Å². The van der Waals surface area contributed by atoms with Crippen LogP contribution in [0.4, 0.5) is 0 Å². The molecule has 1 aliphatic rings. The van der Waals surface area contributed by atoms with Gasteiger partial charge >= 0.3 is 0 Å². The highest BCUT2D eigenvalue weighted by Crippen LogP contribution is 2.43. The van der Waals surface area contributed by atoms with Crippen molar-refractivity contribution >= 4 is 21.9 Å². The standard InChI is InChI=1S/C33H33NO/c1-21-18-24(23-14-16-33(3,4)17-15-23)12-13-25(21)29-19-30(34-20-22(29)2)28-10-7-9-27-26-8-5-6-11-31(26)35-32(27)28/h5-13,18-20,23H,14-17H2,1-4H3/i1D3,2D3,13D,23D. The Morgan fingerprint density at radius 2 is 1.71 bits per heavy atom. The summed E-state index contributed by atoms with van der Waals surface area (Å²) in [4.78, 5) is 4.51. The third-order valence-electron chi connectivity index (χ3n) is 7.41. The number of pyridine rings is 1. The number of para-hydroxylation sites is 2. The van der Waals surface area contributed by atoms with Crippen LogP contribution in [0.2, 0.25) is 0 Å². The molecule has 3 aromatic carbocycles. The summed E-state index contributed by atoms with van der Waals surface area (Å²) >= 11 is 0. The van der Waals surface area contributed by atoms with Gasteiger partial charge in [-0.2, -0.15) is 0 Å². The normalized spacial score (nSPS) is 21.2. The summed E-state index contributed by atoms with van der Waals surface area (Å²) in [6.07, 6.45) is 4.00. The minimum Gasteiger partial charge on any atom is -0.455 e. The number of furan rings is 1. The Balaban J connectivity index is 1.58. The SMILES string of the molecule is [2H]c1cc(C2([2H])CCC(C)(C)CC2)cc(C([2H])([2H])[2H])c1-c1cc(-c2cccc3c2oc2ccccc23)ncc1C([2H])([2H])[2H]. The molecule has 2 aromatic heterocycles. The molecule has 0 radical (unpaired) electrons. The van der Waals surface area contributed by atoms with Gasteiger partial charge in [0.1, 0.15) is 11.2 Å². The van der Waals surface area contributed by atoms with Gasteiger partial charge in [0.2, 0.25) is 0 Å². The number of fused-ring (bicyclic) bond motifs is 3. The third-order valence-corrected chi connectivity index (χ3v) is 7.41. The Morgan fingerprint density at radius 1 is 0.914 bits per heavy atom. The lowest BCUT2D eigenvalue weighted by atomic mass is 9.71. The van der Waals surface area contributed by atoms with E-state index >= 15 is 0 Å². The minimum atomic E-state index is -2.65. The van der Waals surface area contributed by atoms with Gasteiger partial charge < -0.3 is 4.42 Å². The average Bonchev–Trinajstić information content (AvgIpc) is 3.32. The van der Waals surface area contributed by atoms with Crippen molar-refractivity contribution in [3.8, 4) is 22.4 Å². The Hall–Kier alpha value is -3.39. The molecule has 1 aliphatic carbocycles. The van der Waals surface area contributed by atoms with Gasteiger partial charge in [-0.15, -0.1) is 0 Å². The van der Waals surface area contributed by atoms with Crippen molar-refractivity contribution in [1.82, 2.24) is 4.98 Å². The molecule has 0 bridgehead atoms. The molecule has 6 rings (SSSR count). The van der Waals surface area contributed by atoms with Gasteiger partial charge in [-0.05, 0) is 96.7 Å². The van der Waals surface area contributed by atoms with Crippen molar-refractivity contribution in [1.29, 1.82) is 0 Å². The lowest BCUT2D eigenvalue weighted by molar-refractivity contribution is 0.224. The maximum atomic E-state index is 9.24. The smallest absolute Gasteiger partial charge is 0.144 e. The molecule has 0 amide bonds. The first-order valence-electron chi connectivity index (χ1n) is 16.1. The van der Waals surface area contributed by atoms with E-state index in [0.29, 0.717) is 40.8 Å². The van der Waals surface area contributed by atoms with Gasteiger partial charge in [-0.1, -0.05) is 62.4 Å². The number of rotatable bonds is 3. The topological polar surface area (TPSA) is 26.0 Å². The van der Waals surface area contributed by atoms with E-state index in [1.807, 2.05) is 42.5 Å². The zero-order valence-corrected chi connectivity index (χ0v) is 20.0. The fraction of sp³-hybridized carbons (Fsp3) is 0.303. The molecule has 0 N–H and O–H groups in total. The van der Waals surface area contributed by atoms with E-state index in [1.54, 1.807) is 12.1 Å². The molecule has 0 saturated heterocycles. The van der Waals surface area contributed by atoms with Gasteiger partial charge in [0.25, 0.3) is 0 Å². The highest BCUT2D eigenvalue weighted by Gasteiger charge is 2.27. The van der Waals surface area contributed by atoms with E-state index < -0.39 is 19.6 Å². The molecule has 0 spiro atoms. The summed E-state index contributed by atoms with van der Waals surface area (Å²) in [5.41, 5.74) is 2.77. The van der Waals surface area contributed by atoms with Crippen molar-refractivity contribution in [2.45, 2.75) is 59.1 Å². The van der Waals surface area contributed by atoms with E-state index in [4.69, 9.17) is 14.0 Å². The monoisotopic (exact) mass is 467 g/mol. The van der Waals surface area contributed by atoms with Gasteiger partial charge in [-0.3, -0.25) is 4.98 Å². The van der Waals surface area contributed by atoms with Crippen LogP contribution in [0.25, 0.3) is 44.3 Å². The molecule has 2 heteroatoms. The van der Waals surface area contributed by atoms with Crippen LogP contribution in [0.1, 0.15) is 73.1 Å². The van der Waals surface area contributed by atoms with Crippen molar-refractivity contribution in [3.63, 3.8) is 0 Å². The first-order chi connectivity index (χ1) is 20.1. The second-order valence-electron chi connectivity index (χ2n) is 10.3. The summed E-state index contributed by atoms with van der Waals surface area (Å²) in [6, 6.07) is 17.8. The summed E-state index contributed by atoms with van der Waals surface area (Å²) < 4.78 is 74.6. The number of hydrogen-bond donors (Lipinski definition) is 0. The fourth-order valence-corrected chi connectivity index (χ4v) is 5.20. The van der Waals surface area contributed by atoms with Crippen molar-refractivity contribution < 1.29 is 15.4 Å². The molecule has 2 heterocycles. The molecule has 0 atom stereocenters. The average molecular weight is 468 g/mol. The lowest BCUT2D eigenvalue weighted by Gasteiger charge is -2.34. The van der Waals surface area contributed by atoms with Crippen LogP contribution in [-0.4, -0.2) is 4.98 Å². The maximum Gasteiger partial charge on any atom is 0.144 e. The largest absolute Gasteiger partial charge is 0.455 e. The number of aryl methyl sites for hydroxylation is 2. The maximum absolute atomic E-state index is 9.24. The van der Waals surface area contributed by atoms with Crippen LogP contribution in [0.5, 0.6) is 0 Å². The van der Waals surface area contributed by atoms with E-state index in [1.165, 1.54) is 12.3 Å². The van der Waals surface area contributed by atoms with Crippen LogP contribution in [0.3, 0.4) is 0 Å². The molecule has 5 aromatic rings. The highest BCUT2D eigenvalue weighted by atomic mass is 16.3. The summed E-state index contributed by atoms with van der Waals surface area (Å²) in [5, 5.41) is 1.81. The Kier molecular flexibility index (Phi) is 3.56. The summed E-state index contributed by atoms with van der Waals surface area (Å²) in [5.74, 6) is -1.02. The summed E-state index contributed by atoms with van der Waals surface area (Å²) in [6.45, 7) is -0.931. The first-order valence-corrected chi connectivity index (χ1v) is 12.1. The predicted molar refractivity (Wildman–Crippen MR) is 147 cm³/mol. The molecule has 1 saturated carbocycles. The lowest BCUT2D eigenvalue weighted by Crippen LogP contribution is -2.20. The van der Waals surface area contributed by atoms with Crippen LogP contribution in [0.15, 0.2) is 77.3 Å². The minimum absolute atomic E-state index is 0.0232. The Bertz CT molecular complexity index is 1860. The second kappa shape index (κ2) is 8.37. The zero-order valence-electron chi connectivity index (χ0n) is 28.0. The number of benzene rings is 3.